The summed E-state index contributed by atoms with van der Waals surface area (Å²) < 4.78 is 34.5. The molecule has 194 valence electrons. The van der Waals surface area contributed by atoms with Crippen LogP contribution in [0.15, 0.2) is 45.9 Å². The highest BCUT2D eigenvalue weighted by atomic mass is 35.5. The molecule has 0 atom stereocenters. The second-order valence-corrected chi connectivity index (χ2v) is 10.9. The SMILES string of the molecule is CC(=O)Nc1ccc(S(=O)(=O)NC2(C(=O)N3CCN(C(=O)c4ccco4)CC3)CCNCC2)cc1Cl. The van der Waals surface area contributed by atoms with E-state index in [0.717, 1.165) is 0 Å². The van der Waals surface area contributed by atoms with Crippen molar-refractivity contribution in [1.29, 1.82) is 0 Å². The Bertz CT molecular complexity index is 1240. The summed E-state index contributed by atoms with van der Waals surface area (Å²) in [5.41, 5.74) is -1.04. The van der Waals surface area contributed by atoms with Gasteiger partial charge in [0.05, 0.1) is 21.9 Å². The Hall–Kier alpha value is -2.93. The summed E-state index contributed by atoms with van der Waals surface area (Å²) >= 11 is 6.19. The van der Waals surface area contributed by atoms with E-state index in [9.17, 15) is 22.8 Å². The molecule has 0 bridgehead atoms. The lowest BCUT2D eigenvalue weighted by Crippen LogP contribution is -2.65. The number of piperazine rings is 1. The van der Waals surface area contributed by atoms with Gasteiger partial charge in [-0.25, -0.2) is 8.42 Å². The van der Waals surface area contributed by atoms with Gasteiger partial charge < -0.3 is 24.9 Å². The number of benzene rings is 1. The van der Waals surface area contributed by atoms with Crippen LogP contribution in [0, 0.1) is 0 Å². The molecule has 2 aliphatic heterocycles. The highest BCUT2D eigenvalue weighted by molar-refractivity contribution is 7.89. The van der Waals surface area contributed by atoms with Crippen molar-refractivity contribution < 1.29 is 27.2 Å². The summed E-state index contributed by atoms with van der Waals surface area (Å²) in [7, 11) is -4.12. The number of furan rings is 1. The van der Waals surface area contributed by atoms with Crippen molar-refractivity contribution in [2.24, 2.45) is 0 Å². The molecule has 2 aliphatic rings. The molecule has 3 N–H and O–H groups in total. The van der Waals surface area contributed by atoms with Gasteiger partial charge in [0, 0.05) is 33.1 Å². The highest BCUT2D eigenvalue weighted by Gasteiger charge is 2.46. The zero-order valence-corrected chi connectivity index (χ0v) is 21.3. The molecule has 2 aromatic rings. The van der Waals surface area contributed by atoms with E-state index in [4.69, 9.17) is 16.0 Å². The lowest BCUT2D eigenvalue weighted by atomic mass is 9.87. The number of anilines is 1. The Kier molecular flexibility index (Phi) is 7.69. The van der Waals surface area contributed by atoms with Crippen LogP contribution < -0.4 is 15.4 Å². The van der Waals surface area contributed by atoms with Crippen molar-refractivity contribution in [3.8, 4) is 0 Å². The minimum absolute atomic E-state index is 0.0658. The maximum Gasteiger partial charge on any atom is 0.289 e. The van der Waals surface area contributed by atoms with Crippen molar-refractivity contribution >= 4 is 45.0 Å². The van der Waals surface area contributed by atoms with E-state index < -0.39 is 15.6 Å². The second-order valence-electron chi connectivity index (χ2n) is 8.82. The van der Waals surface area contributed by atoms with Gasteiger partial charge in [-0.2, -0.15) is 4.72 Å². The standard InChI is InChI=1S/C23H28ClN5O6S/c1-16(30)26-19-5-4-17(15-18(19)24)36(33,34)27-23(6-8-25-9-7-23)22(32)29-12-10-28(11-13-29)21(31)20-3-2-14-35-20/h2-5,14-15,25,27H,6-13H2,1H3,(H,26,30). The van der Waals surface area contributed by atoms with Gasteiger partial charge in [-0.1, -0.05) is 11.6 Å². The largest absolute Gasteiger partial charge is 0.459 e. The molecule has 1 aromatic heterocycles. The molecule has 36 heavy (non-hydrogen) atoms. The molecular weight excluding hydrogens is 510 g/mol. The Morgan fingerprint density at radius 3 is 2.31 bits per heavy atom. The Morgan fingerprint density at radius 2 is 1.72 bits per heavy atom. The summed E-state index contributed by atoms with van der Waals surface area (Å²) in [6.45, 7) is 3.43. The number of nitrogens with one attached hydrogen (secondary N) is 3. The van der Waals surface area contributed by atoms with Crippen LogP contribution in [0.5, 0.6) is 0 Å². The third-order valence-corrected chi connectivity index (χ3v) is 8.19. The zero-order valence-electron chi connectivity index (χ0n) is 19.8. The third-order valence-electron chi connectivity index (χ3n) is 6.34. The topological polar surface area (TPSA) is 141 Å². The van der Waals surface area contributed by atoms with E-state index in [1.165, 1.54) is 31.4 Å². The zero-order chi connectivity index (χ0) is 25.9. The number of nitrogens with zero attached hydrogens (tertiary/aromatic N) is 2. The number of carbonyl (C=O) groups is 3. The molecule has 11 nitrogen and oxygen atoms in total. The average molecular weight is 538 g/mol. The average Bonchev–Trinajstić information content (AvgIpc) is 3.39. The molecule has 0 aliphatic carbocycles. The van der Waals surface area contributed by atoms with Gasteiger partial charge in [0.15, 0.2) is 5.76 Å². The lowest BCUT2D eigenvalue weighted by molar-refractivity contribution is -0.140. The quantitative estimate of drug-likeness (QED) is 0.504. The maximum absolute atomic E-state index is 13.7. The Balaban J connectivity index is 1.50. The fourth-order valence-corrected chi connectivity index (χ4v) is 6.19. The minimum atomic E-state index is -4.12. The Morgan fingerprint density at radius 1 is 1.06 bits per heavy atom. The van der Waals surface area contributed by atoms with Gasteiger partial charge in [-0.15, -0.1) is 0 Å². The number of halogens is 1. The first kappa shape index (κ1) is 26.1. The van der Waals surface area contributed by atoms with Crippen molar-refractivity contribution in [1.82, 2.24) is 19.8 Å². The monoisotopic (exact) mass is 537 g/mol. The molecule has 4 rings (SSSR count). The molecule has 1 aromatic carbocycles. The maximum atomic E-state index is 13.7. The van der Waals surface area contributed by atoms with Crippen LogP contribution in [0.25, 0.3) is 0 Å². The molecule has 0 radical (unpaired) electrons. The van der Waals surface area contributed by atoms with Crippen molar-refractivity contribution in [3.05, 3.63) is 47.4 Å². The first-order valence-corrected chi connectivity index (χ1v) is 13.4. The number of hydrogen-bond donors (Lipinski definition) is 3. The summed E-state index contributed by atoms with van der Waals surface area (Å²) in [5, 5.41) is 5.76. The highest BCUT2D eigenvalue weighted by Crippen LogP contribution is 2.29. The van der Waals surface area contributed by atoms with Crippen LogP contribution in [0.4, 0.5) is 5.69 Å². The molecule has 0 unspecified atom stereocenters. The van der Waals surface area contributed by atoms with Crippen LogP contribution in [-0.4, -0.2) is 80.7 Å². The molecule has 3 amide bonds. The van der Waals surface area contributed by atoms with E-state index in [1.807, 2.05) is 0 Å². The summed E-state index contributed by atoms with van der Waals surface area (Å²) in [5.74, 6) is -0.668. The van der Waals surface area contributed by atoms with Crippen LogP contribution in [0.2, 0.25) is 5.02 Å². The first-order chi connectivity index (χ1) is 17.1. The van der Waals surface area contributed by atoms with E-state index >= 15 is 0 Å². The molecule has 2 fully saturated rings. The number of hydrogen-bond acceptors (Lipinski definition) is 7. The van der Waals surface area contributed by atoms with E-state index in [1.54, 1.807) is 21.9 Å². The van der Waals surface area contributed by atoms with Gasteiger partial charge in [0.1, 0.15) is 5.54 Å². The van der Waals surface area contributed by atoms with Crippen molar-refractivity contribution in [2.45, 2.75) is 30.2 Å². The fraction of sp³-hybridized carbons (Fsp3) is 0.435. The molecule has 13 heteroatoms. The number of amides is 3. The van der Waals surface area contributed by atoms with Crippen LogP contribution in [0.3, 0.4) is 0 Å². The summed E-state index contributed by atoms with van der Waals surface area (Å²) in [4.78, 5) is 40.7. The predicted molar refractivity (Wildman–Crippen MR) is 132 cm³/mol. The van der Waals surface area contributed by atoms with Crippen molar-refractivity contribution in [2.75, 3.05) is 44.6 Å². The van der Waals surface area contributed by atoms with Crippen LogP contribution >= 0.6 is 11.6 Å². The molecule has 0 saturated carbocycles. The second kappa shape index (κ2) is 10.6. The van der Waals surface area contributed by atoms with Gasteiger partial charge in [-0.05, 0) is 56.3 Å². The minimum Gasteiger partial charge on any atom is -0.459 e. The number of rotatable bonds is 6. The van der Waals surface area contributed by atoms with Gasteiger partial charge >= 0.3 is 0 Å². The van der Waals surface area contributed by atoms with Crippen LogP contribution in [0.1, 0.15) is 30.3 Å². The third kappa shape index (κ3) is 5.56. The predicted octanol–water partition coefficient (Wildman–Crippen LogP) is 1.28. The van der Waals surface area contributed by atoms with Crippen LogP contribution in [-0.2, 0) is 19.6 Å². The summed E-state index contributed by atoms with van der Waals surface area (Å²) in [6, 6.07) is 7.21. The van der Waals surface area contributed by atoms with Gasteiger partial charge in [-0.3, -0.25) is 14.4 Å². The van der Waals surface area contributed by atoms with E-state index in [0.29, 0.717) is 26.2 Å². The lowest BCUT2D eigenvalue weighted by Gasteiger charge is -2.43. The molecule has 2 saturated heterocycles. The molecule has 0 spiro atoms. The molecular formula is C23H28ClN5O6S. The fourth-order valence-electron chi connectivity index (χ4n) is 4.45. The smallest absolute Gasteiger partial charge is 0.289 e. The van der Waals surface area contributed by atoms with Gasteiger partial charge in [0.2, 0.25) is 21.8 Å². The first-order valence-electron chi connectivity index (χ1n) is 11.6. The number of piperidine rings is 1. The van der Waals surface area contributed by atoms with Crippen molar-refractivity contribution in [3.63, 3.8) is 0 Å². The number of sulfonamides is 1. The Labute approximate surface area is 214 Å². The van der Waals surface area contributed by atoms with Gasteiger partial charge in [0.25, 0.3) is 5.91 Å². The summed E-state index contributed by atoms with van der Waals surface area (Å²) in [6.07, 6.45) is 1.98. The van der Waals surface area contributed by atoms with E-state index in [-0.39, 0.29) is 65.0 Å². The number of carbonyl (C=O) groups excluding carboxylic acids is 3. The normalized spacial score (nSPS) is 18.1. The molecule has 3 heterocycles. The van der Waals surface area contributed by atoms with E-state index in [2.05, 4.69) is 15.4 Å².